The van der Waals surface area contributed by atoms with E-state index in [0.717, 1.165) is 0 Å². The largest absolute Gasteiger partial charge is 0.504 e. The zero-order valence-electron chi connectivity index (χ0n) is 20.9. The number of benzene rings is 1. The van der Waals surface area contributed by atoms with Crippen LogP contribution in [0.4, 0.5) is 0 Å². The molecule has 0 unspecified atom stereocenters. The lowest BCUT2D eigenvalue weighted by Crippen LogP contribution is -2.55. The van der Waals surface area contributed by atoms with Crippen LogP contribution >= 0.6 is 0 Å². The monoisotopic (exact) mass is 442 g/mol. The van der Waals surface area contributed by atoms with Gasteiger partial charge in [0.05, 0.1) is 0 Å². The molecule has 2 N–H and O–H groups in total. The Balaban J connectivity index is 3.70. The number of phenols is 2. The minimum Gasteiger partial charge on any atom is -0.504 e. The lowest BCUT2D eigenvalue weighted by Gasteiger charge is -2.45. The van der Waals surface area contributed by atoms with Crippen molar-refractivity contribution < 1.29 is 18.6 Å². The Bertz CT molecular complexity index is 837. The molecular weight excluding hydrogens is 400 g/mol. The van der Waals surface area contributed by atoms with Crippen molar-refractivity contribution >= 4 is 10.0 Å². The lowest BCUT2D eigenvalue weighted by molar-refractivity contribution is 0.0297. The van der Waals surface area contributed by atoms with Crippen molar-refractivity contribution in [3.05, 3.63) is 17.7 Å². The molecule has 0 aliphatic carbocycles. The van der Waals surface area contributed by atoms with Crippen molar-refractivity contribution in [2.75, 3.05) is 0 Å². The summed E-state index contributed by atoms with van der Waals surface area (Å²) in [5, 5.41) is 20.9. The average molecular weight is 443 g/mol. The standard InChI is InChI=1S/C23H42N2O4S/c1-20(2,3)24(21(4,5)6)15-16-13-17(26)19(27)18(14-16)30(28,29)25(22(7,8)9)23(10,11)12/h13-14,26-27H,15H2,1-12H3. The van der Waals surface area contributed by atoms with E-state index in [1.165, 1.54) is 16.4 Å². The Morgan fingerprint density at radius 1 is 0.733 bits per heavy atom. The highest BCUT2D eigenvalue weighted by molar-refractivity contribution is 7.89. The number of phenolic OH excluding ortho intramolecular Hbond substituents is 2. The van der Waals surface area contributed by atoms with E-state index in [0.29, 0.717) is 12.1 Å². The van der Waals surface area contributed by atoms with Crippen molar-refractivity contribution in [2.45, 2.75) is 117 Å². The van der Waals surface area contributed by atoms with Crippen molar-refractivity contribution in [2.24, 2.45) is 0 Å². The molecule has 174 valence electrons. The molecule has 0 radical (unpaired) electrons. The first-order valence-electron chi connectivity index (χ1n) is 10.4. The Hall–Kier alpha value is -1.31. The van der Waals surface area contributed by atoms with Crippen LogP contribution in [0.5, 0.6) is 11.5 Å². The highest BCUT2D eigenvalue weighted by Gasteiger charge is 2.43. The molecule has 6 nitrogen and oxygen atoms in total. The third-order valence-electron chi connectivity index (χ3n) is 4.81. The average Bonchev–Trinajstić information content (AvgIpc) is 2.41. The summed E-state index contributed by atoms with van der Waals surface area (Å²) in [7, 11) is -4.09. The molecule has 0 fully saturated rings. The molecule has 0 atom stereocenters. The SMILES string of the molecule is CC(C)(C)N(Cc1cc(O)c(O)c(S(=O)(=O)N(C(C)(C)C)C(C)(C)C)c1)C(C)(C)C. The molecule has 0 amide bonds. The molecule has 0 bridgehead atoms. The Morgan fingerprint density at radius 3 is 1.47 bits per heavy atom. The first kappa shape index (κ1) is 26.7. The summed E-state index contributed by atoms with van der Waals surface area (Å²) >= 11 is 0. The molecule has 0 saturated heterocycles. The van der Waals surface area contributed by atoms with Crippen LogP contribution in [-0.4, -0.2) is 50.0 Å². The van der Waals surface area contributed by atoms with E-state index in [9.17, 15) is 18.6 Å². The molecule has 1 aromatic rings. The molecule has 0 heterocycles. The number of rotatable bonds is 4. The van der Waals surface area contributed by atoms with E-state index in [-0.39, 0.29) is 16.0 Å². The van der Waals surface area contributed by atoms with Gasteiger partial charge < -0.3 is 10.2 Å². The fourth-order valence-corrected chi connectivity index (χ4v) is 6.71. The van der Waals surface area contributed by atoms with Gasteiger partial charge in [0.1, 0.15) is 4.90 Å². The highest BCUT2D eigenvalue weighted by atomic mass is 32.2. The fourth-order valence-electron chi connectivity index (χ4n) is 4.43. The van der Waals surface area contributed by atoms with E-state index >= 15 is 0 Å². The lowest BCUT2D eigenvalue weighted by atomic mass is 9.95. The molecule has 0 saturated carbocycles. The Labute approximate surface area is 184 Å². The van der Waals surface area contributed by atoms with Crippen LogP contribution in [0.2, 0.25) is 0 Å². The maximum atomic E-state index is 13.7. The maximum absolute atomic E-state index is 13.7. The zero-order valence-corrected chi connectivity index (χ0v) is 21.7. The molecule has 0 aliphatic heterocycles. The maximum Gasteiger partial charge on any atom is 0.247 e. The van der Waals surface area contributed by atoms with Crippen LogP contribution in [0.3, 0.4) is 0 Å². The van der Waals surface area contributed by atoms with Gasteiger partial charge in [-0.25, -0.2) is 8.42 Å². The van der Waals surface area contributed by atoms with Crippen molar-refractivity contribution in [1.82, 2.24) is 9.21 Å². The molecule has 0 aliphatic rings. The molecule has 7 heteroatoms. The quantitative estimate of drug-likeness (QED) is 0.635. The summed E-state index contributed by atoms with van der Waals surface area (Å²) < 4.78 is 28.7. The summed E-state index contributed by atoms with van der Waals surface area (Å²) in [6.07, 6.45) is 0. The van der Waals surface area contributed by atoms with Crippen molar-refractivity contribution in [1.29, 1.82) is 0 Å². The van der Waals surface area contributed by atoms with Gasteiger partial charge in [-0.1, -0.05) is 0 Å². The second kappa shape index (κ2) is 7.99. The van der Waals surface area contributed by atoms with Gasteiger partial charge in [0.25, 0.3) is 0 Å². The van der Waals surface area contributed by atoms with Gasteiger partial charge >= 0.3 is 0 Å². The highest BCUT2D eigenvalue weighted by Crippen LogP contribution is 2.41. The zero-order chi connectivity index (χ0) is 24.1. The summed E-state index contributed by atoms with van der Waals surface area (Å²) in [4.78, 5) is 1.96. The van der Waals surface area contributed by atoms with Crippen molar-refractivity contribution in [3.8, 4) is 11.5 Å². The van der Waals surface area contributed by atoms with Gasteiger partial charge in [0.2, 0.25) is 10.0 Å². The van der Waals surface area contributed by atoms with Crippen LogP contribution in [-0.2, 0) is 16.6 Å². The summed E-state index contributed by atoms with van der Waals surface area (Å²) in [6, 6.07) is 2.93. The van der Waals surface area contributed by atoms with E-state index in [2.05, 4.69) is 46.4 Å². The molecule has 1 aromatic carbocycles. The topological polar surface area (TPSA) is 81.1 Å². The van der Waals surface area contributed by atoms with Crippen LogP contribution < -0.4 is 0 Å². The summed E-state index contributed by atoms with van der Waals surface area (Å²) in [5.41, 5.74) is -1.20. The Morgan fingerprint density at radius 2 is 1.13 bits per heavy atom. The number of sulfonamides is 1. The first-order chi connectivity index (χ1) is 13.0. The second-order valence-electron chi connectivity index (χ2n) is 12.0. The summed E-state index contributed by atoms with van der Waals surface area (Å²) in [5.74, 6) is -1.05. The van der Waals surface area contributed by atoms with Crippen LogP contribution in [0.25, 0.3) is 0 Å². The number of aromatic hydroxyl groups is 2. The molecule has 1 rings (SSSR count). The number of nitrogens with zero attached hydrogens (tertiary/aromatic N) is 2. The third-order valence-corrected chi connectivity index (χ3v) is 7.25. The molecule has 0 aromatic heterocycles. The molecule has 30 heavy (non-hydrogen) atoms. The normalized spacial score (nSPS) is 14.6. The van der Waals surface area contributed by atoms with Gasteiger partial charge in [0.15, 0.2) is 11.5 Å². The fraction of sp³-hybridized carbons (Fsp3) is 0.739. The van der Waals surface area contributed by atoms with Gasteiger partial charge in [-0.3, -0.25) is 4.90 Å². The number of hydrogen-bond acceptors (Lipinski definition) is 5. The number of hydrogen-bond donors (Lipinski definition) is 2. The minimum absolute atomic E-state index is 0.187. The molecule has 0 spiro atoms. The van der Waals surface area contributed by atoms with Gasteiger partial charge in [-0.15, -0.1) is 0 Å². The minimum atomic E-state index is -4.09. The van der Waals surface area contributed by atoms with E-state index in [1.54, 1.807) is 0 Å². The van der Waals surface area contributed by atoms with Gasteiger partial charge in [-0.2, -0.15) is 4.31 Å². The van der Waals surface area contributed by atoms with Crippen molar-refractivity contribution in [3.63, 3.8) is 0 Å². The van der Waals surface area contributed by atoms with Gasteiger partial charge in [0, 0.05) is 28.7 Å². The van der Waals surface area contributed by atoms with Crippen LogP contribution in [0.1, 0.15) is 88.6 Å². The molecular formula is C23H42N2O4S. The third kappa shape index (κ3) is 5.89. The van der Waals surface area contributed by atoms with E-state index in [1.807, 2.05) is 41.5 Å². The first-order valence-corrected chi connectivity index (χ1v) is 11.8. The van der Waals surface area contributed by atoms with Crippen LogP contribution in [0.15, 0.2) is 17.0 Å². The predicted molar refractivity (Wildman–Crippen MR) is 123 cm³/mol. The Kier molecular flexibility index (Phi) is 7.12. The second-order valence-corrected chi connectivity index (χ2v) is 13.8. The van der Waals surface area contributed by atoms with E-state index < -0.39 is 32.6 Å². The van der Waals surface area contributed by atoms with E-state index in [4.69, 9.17) is 0 Å². The van der Waals surface area contributed by atoms with Crippen LogP contribution in [0, 0.1) is 0 Å². The van der Waals surface area contributed by atoms with Gasteiger partial charge in [-0.05, 0) is 101 Å². The predicted octanol–water partition coefficient (Wildman–Crippen LogP) is 5.08. The summed E-state index contributed by atoms with van der Waals surface area (Å²) in [6.45, 7) is 23.9. The smallest absolute Gasteiger partial charge is 0.247 e.